The summed E-state index contributed by atoms with van der Waals surface area (Å²) in [5, 5.41) is 6.80. The average molecular weight is 162 g/mol. The third-order valence-electron chi connectivity index (χ3n) is 1.38. The van der Waals surface area contributed by atoms with Crippen molar-refractivity contribution in [3.05, 3.63) is 29.9 Å². The summed E-state index contributed by atoms with van der Waals surface area (Å²) in [5.74, 6) is 0.710. The zero-order valence-corrected chi connectivity index (χ0v) is 6.78. The van der Waals surface area contributed by atoms with E-state index in [1.807, 2.05) is 0 Å². The highest BCUT2D eigenvalue weighted by Gasteiger charge is 1.95. The third-order valence-corrected chi connectivity index (χ3v) is 1.38. The summed E-state index contributed by atoms with van der Waals surface area (Å²) in [6.07, 6.45) is 5.90. The number of nitrogens with two attached hydrogens (primary N) is 1. The Kier molecular flexibility index (Phi) is 2.53. The van der Waals surface area contributed by atoms with Gasteiger partial charge in [0.2, 0.25) is 0 Å². The van der Waals surface area contributed by atoms with Crippen molar-refractivity contribution in [2.75, 3.05) is 0 Å². The standard InChI is InChI=1S/C8H10N4/c1-6-11-4-7(5-12-6)8(10)2-3-9/h2-5,9H,10H2,1H3/b8-2-,9-3?. The van der Waals surface area contributed by atoms with Crippen LogP contribution in [0.15, 0.2) is 18.5 Å². The average Bonchev–Trinajstić information content (AvgIpc) is 2.06. The molecule has 0 atom stereocenters. The van der Waals surface area contributed by atoms with E-state index in [0.29, 0.717) is 11.5 Å². The molecule has 0 aliphatic carbocycles. The van der Waals surface area contributed by atoms with Crippen molar-refractivity contribution >= 4 is 11.9 Å². The molecule has 1 rings (SSSR count). The Balaban J connectivity index is 2.97. The molecule has 62 valence electrons. The lowest BCUT2D eigenvalue weighted by molar-refractivity contribution is 1.04. The lowest BCUT2D eigenvalue weighted by Crippen LogP contribution is -1.99. The van der Waals surface area contributed by atoms with Crippen molar-refractivity contribution in [3.8, 4) is 0 Å². The van der Waals surface area contributed by atoms with Gasteiger partial charge in [-0.05, 0) is 13.0 Å². The van der Waals surface area contributed by atoms with E-state index in [1.54, 1.807) is 19.3 Å². The van der Waals surface area contributed by atoms with E-state index in [0.717, 1.165) is 11.8 Å². The van der Waals surface area contributed by atoms with Crippen LogP contribution in [0.4, 0.5) is 0 Å². The SMILES string of the molecule is Cc1ncc(/C(N)=C/C=N)cn1. The molecule has 0 aromatic carbocycles. The quantitative estimate of drug-likeness (QED) is 0.629. The molecule has 0 unspecified atom stereocenters. The molecule has 0 spiro atoms. The van der Waals surface area contributed by atoms with Gasteiger partial charge in [-0.3, -0.25) is 0 Å². The number of aryl methyl sites for hydroxylation is 1. The van der Waals surface area contributed by atoms with E-state index >= 15 is 0 Å². The fourth-order valence-corrected chi connectivity index (χ4v) is 0.728. The van der Waals surface area contributed by atoms with Gasteiger partial charge in [-0.1, -0.05) is 0 Å². The molecule has 0 amide bonds. The lowest BCUT2D eigenvalue weighted by atomic mass is 10.2. The maximum absolute atomic E-state index is 6.80. The maximum Gasteiger partial charge on any atom is 0.125 e. The largest absolute Gasteiger partial charge is 0.398 e. The number of aromatic nitrogens is 2. The van der Waals surface area contributed by atoms with Gasteiger partial charge in [0.15, 0.2) is 0 Å². The summed E-state index contributed by atoms with van der Waals surface area (Å²) in [6, 6.07) is 0. The second-order valence-electron chi connectivity index (χ2n) is 2.31. The molecule has 3 N–H and O–H groups in total. The molecule has 12 heavy (non-hydrogen) atoms. The third kappa shape index (κ3) is 1.88. The van der Waals surface area contributed by atoms with Crippen molar-refractivity contribution in [1.29, 1.82) is 5.41 Å². The number of hydrogen-bond acceptors (Lipinski definition) is 4. The summed E-state index contributed by atoms with van der Waals surface area (Å²) in [7, 11) is 0. The van der Waals surface area contributed by atoms with Crippen LogP contribution in [0.2, 0.25) is 0 Å². The minimum Gasteiger partial charge on any atom is -0.398 e. The zero-order valence-electron chi connectivity index (χ0n) is 6.78. The Morgan fingerprint density at radius 3 is 2.58 bits per heavy atom. The molecule has 4 heteroatoms. The van der Waals surface area contributed by atoms with E-state index < -0.39 is 0 Å². The van der Waals surface area contributed by atoms with E-state index in [-0.39, 0.29) is 0 Å². The molecule has 0 aliphatic rings. The number of allylic oxidation sites excluding steroid dienone is 1. The highest BCUT2D eigenvalue weighted by atomic mass is 14.8. The highest BCUT2D eigenvalue weighted by molar-refractivity contribution is 5.81. The fourth-order valence-electron chi connectivity index (χ4n) is 0.728. The monoisotopic (exact) mass is 162 g/mol. The van der Waals surface area contributed by atoms with Crippen molar-refractivity contribution in [2.45, 2.75) is 6.92 Å². The first-order chi connectivity index (χ1) is 5.74. The molecular weight excluding hydrogens is 152 g/mol. The number of rotatable bonds is 2. The highest BCUT2D eigenvalue weighted by Crippen LogP contribution is 2.03. The van der Waals surface area contributed by atoms with Crippen LogP contribution in [-0.4, -0.2) is 16.2 Å². The Labute approximate surface area is 70.7 Å². The zero-order chi connectivity index (χ0) is 8.97. The smallest absolute Gasteiger partial charge is 0.125 e. The Hall–Kier alpha value is -1.71. The Bertz CT molecular complexity index is 299. The second kappa shape index (κ2) is 3.61. The van der Waals surface area contributed by atoms with Crippen LogP contribution < -0.4 is 5.73 Å². The molecule has 4 nitrogen and oxygen atoms in total. The predicted molar refractivity (Wildman–Crippen MR) is 47.7 cm³/mol. The van der Waals surface area contributed by atoms with Crippen molar-refractivity contribution < 1.29 is 0 Å². The van der Waals surface area contributed by atoms with E-state index in [2.05, 4.69) is 9.97 Å². The van der Waals surface area contributed by atoms with Gasteiger partial charge in [-0.15, -0.1) is 0 Å². The van der Waals surface area contributed by atoms with E-state index in [1.165, 1.54) is 6.08 Å². The van der Waals surface area contributed by atoms with Crippen LogP contribution in [-0.2, 0) is 0 Å². The van der Waals surface area contributed by atoms with Crippen molar-refractivity contribution in [3.63, 3.8) is 0 Å². The number of hydrogen-bond donors (Lipinski definition) is 2. The van der Waals surface area contributed by atoms with Gasteiger partial charge < -0.3 is 11.1 Å². The first-order valence-corrected chi connectivity index (χ1v) is 3.49. The van der Waals surface area contributed by atoms with Gasteiger partial charge in [0, 0.05) is 29.9 Å². The molecular formula is C8H10N4. The van der Waals surface area contributed by atoms with Crippen LogP contribution in [0.5, 0.6) is 0 Å². The van der Waals surface area contributed by atoms with Crippen LogP contribution in [0.25, 0.3) is 5.70 Å². The maximum atomic E-state index is 6.80. The predicted octanol–water partition coefficient (Wildman–Crippen LogP) is 0.734. The fraction of sp³-hybridized carbons (Fsp3) is 0.125. The van der Waals surface area contributed by atoms with Crippen LogP contribution in [0.3, 0.4) is 0 Å². The summed E-state index contributed by atoms with van der Waals surface area (Å²) in [5.41, 5.74) is 6.83. The molecule has 1 aromatic rings. The van der Waals surface area contributed by atoms with Gasteiger partial charge >= 0.3 is 0 Å². The van der Waals surface area contributed by atoms with Gasteiger partial charge in [0.25, 0.3) is 0 Å². The first-order valence-electron chi connectivity index (χ1n) is 3.49. The summed E-state index contributed by atoms with van der Waals surface area (Å²) >= 11 is 0. The van der Waals surface area contributed by atoms with Gasteiger partial charge in [0.1, 0.15) is 5.82 Å². The number of nitrogens with zero attached hydrogens (tertiary/aromatic N) is 2. The molecule has 0 saturated heterocycles. The Morgan fingerprint density at radius 1 is 1.50 bits per heavy atom. The molecule has 0 saturated carbocycles. The van der Waals surface area contributed by atoms with E-state index in [9.17, 15) is 0 Å². The van der Waals surface area contributed by atoms with Crippen LogP contribution in [0, 0.1) is 12.3 Å². The normalized spacial score (nSPS) is 11.2. The molecule has 0 aliphatic heterocycles. The van der Waals surface area contributed by atoms with Crippen LogP contribution in [0.1, 0.15) is 11.4 Å². The topological polar surface area (TPSA) is 75.7 Å². The molecule has 0 fully saturated rings. The van der Waals surface area contributed by atoms with Gasteiger partial charge in [-0.2, -0.15) is 0 Å². The summed E-state index contributed by atoms with van der Waals surface area (Å²) < 4.78 is 0. The second-order valence-corrected chi connectivity index (χ2v) is 2.31. The van der Waals surface area contributed by atoms with Crippen LogP contribution >= 0.6 is 0 Å². The molecule has 0 radical (unpaired) electrons. The summed E-state index contributed by atoms with van der Waals surface area (Å²) in [6.45, 7) is 1.81. The summed E-state index contributed by atoms with van der Waals surface area (Å²) in [4.78, 5) is 7.95. The van der Waals surface area contributed by atoms with E-state index in [4.69, 9.17) is 11.1 Å². The first kappa shape index (κ1) is 8.39. The minimum absolute atomic E-state index is 0.505. The van der Waals surface area contributed by atoms with Gasteiger partial charge in [0.05, 0.1) is 0 Å². The molecule has 0 bridgehead atoms. The van der Waals surface area contributed by atoms with Crippen molar-refractivity contribution in [2.24, 2.45) is 5.73 Å². The molecule has 1 heterocycles. The van der Waals surface area contributed by atoms with Crippen molar-refractivity contribution in [1.82, 2.24) is 9.97 Å². The number of nitrogens with one attached hydrogen (secondary N) is 1. The van der Waals surface area contributed by atoms with Gasteiger partial charge in [-0.25, -0.2) is 9.97 Å². The molecule has 1 aromatic heterocycles. The lowest BCUT2D eigenvalue weighted by Gasteiger charge is -1.98. The minimum atomic E-state index is 0.505. The Morgan fingerprint density at radius 2 is 2.08 bits per heavy atom.